The van der Waals surface area contributed by atoms with Crippen LogP contribution in [-0.2, 0) is 19.4 Å². The summed E-state index contributed by atoms with van der Waals surface area (Å²) in [6.07, 6.45) is 5.08. The molecule has 0 saturated carbocycles. The van der Waals surface area contributed by atoms with E-state index in [0.717, 1.165) is 17.3 Å². The highest BCUT2D eigenvalue weighted by Crippen LogP contribution is 2.11. The van der Waals surface area contributed by atoms with Gasteiger partial charge in [-0.3, -0.25) is 4.79 Å². The fourth-order valence-corrected chi connectivity index (χ4v) is 2.88. The summed E-state index contributed by atoms with van der Waals surface area (Å²) in [6, 6.07) is 18.4. The Labute approximate surface area is 155 Å². The zero-order valence-corrected chi connectivity index (χ0v) is 15.4. The third kappa shape index (κ3) is 5.03. The molecular formula is C20H20BrN3O. The van der Waals surface area contributed by atoms with E-state index in [1.54, 1.807) is 17.0 Å². The first kappa shape index (κ1) is 17.4. The van der Waals surface area contributed by atoms with Gasteiger partial charge in [-0.25, -0.2) is 4.98 Å². The predicted molar refractivity (Wildman–Crippen MR) is 105 cm³/mol. The lowest BCUT2D eigenvalue weighted by molar-refractivity contribution is 0.664. The Balaban J connectivity index is 1.59. The van der Waals surface area contributed by atoms with Crippen LogP contribution in [0.15, 0.2) is 76.3 Å². The molecule has 0 spiro atoms. The van der Waals surface area contributed by atoms with Gasteiger partial charge >= 0.3 is 0 Å². The Morgan fingerprint density at radius 2 is 1.68 bits per heavy atom. The molecule has 0 saturated heterocycles. The maximum atomic E-state index is 12.5. The van der Waals surface area contributed by atoms with Gasteiger partial charge < -0.3 is 9.88 Å². The van der Waals surface area contributed by atoms with Gasteiger partial charge in [0.1, 0.15) is 0 Å². The maximum Gasteiger partial charge on any atom is 0.293 e. The molecule has 128 valence electrons. The molecule has 0 amide bonds. The topological polar surface area (TPSA) is 46.9 Å². The average molecular weight is 398 g/mol. The molecule has 0 atom stereocenters. The number of aromatic nitrogens is 2. The molecule has 1 heterocycles. The summed E-state index contributed by atoms with van der Waals surface area (Å²) in [5, 5.41) is 3.16. The molecule has 0 fully saturated rings. The second-order valence-electron chi connectivity index (χ2n) is 5.81. The SMILES string of the molecule is O=c1c(NCCc2ccccc2)nccn1CCc1ccc(Br)cc1. The Hall–Kier alpha value is -2.40. The highest BCUT2D eigenvalue weighted by molar-refractivity contribution is 9.10. The van der Waals surface area contributed by atoms with Crippen molar-refractivity contribution in [1.82, 2.24) is 9.55 Å². The van der Waals surface area contributed by atoms with Gasteiger partial charge in [0.15, 0.2) is 5.82 Å². The van der Waals surface area contributed by atoms with Crippen LogP contribution in [0.3, 0.4) is 0 Å². The van der Waals surface area contributed by atoms with Crippen molar-refractivity contribution < 1.29 is 0 Å². The average Bonchev–Trinajstić information content (AvgIpc) is 2.64. The summed E-state index contributed by atoms with van der Waals surface area (Å²) in [5.74, 6) is 0.411. The molecule has 0 unspecified atom stereocenters. The van der Waals surface area contributed by atoms with E-state index in [1.165, 1.54) is 11.1 Å². The molecule has 25 heavy (non-hydrogen) atoms. The van der Waals surface area contributed by atoms with Crippen molar-refractivity contribution in [1.29, 1.82) is 0 Å². The molecular weight excluding hydrogens is 378 g/mol. The number of anilines is 1. The van der Waals surface area contributed by atoms with E-state index in [-0.39, 0.29) is 5.56 Å². The molecule has 3 aromatic rings. The van der Waals surface area contributed by atoms with E-state index in [1.807, 2.05) is 30.3 Å². The first-order valence-corrected chi connectivity index (χ1v) is 9.09. The van der Waals surface area contributed by atoms with E-state index < -0.39 is 0 Å². The Kier molecular flexibility index (Phi) is 6.01. The van der Waals surface area contributed by atoms with Crippen LogP contribution in [0.25, 0.3) is 0 Å². The third-order valence-corrected chi connectivity index (χ3v) is 4.55. The van der Waals surface area contributed by atoms with Gasteiger partial charge in [0.2, 0.25) is 0 Å². The van der Waals surface area contributed by atoms with Crippen molar-refractivity contribution in [3.63, 3.8) is 0 Å². The van der Waals surface area contributed by atoms with E-state index in [4.69, 9.17) is 0 Å². The number of hydrogen-bond acceptors (Lipinski definition) is 3. The predicted octanol–water partition coefficient (Wildman–Crippen LogP) is 3.90. The van der Waals surface area contributed by atoms with E-state index in [0.29, 0.717) is 18.9 Å². The van der Waals surface area contributed by atoms with Crippen LogP contribution >= 0.6 is 15.9 Å². The zero-order valence-electron chi connectivity index (χ0n) is 13.9. The van der Waals surface area contributed by atoms with Crippen LogP contribution < -0.4 is 10.9 Å². The molecule has 3 rings (SSSR count). The van der Waals surface area contributed by atoms with Crippen LogP contribution in [0.1, 0.15) is 11.1 Å². The standard InChI is InChI=1S/C20H20BrN3O/c21-18-8-6-17(7-9-18)11-14-24-15-13-23-19(20(24)25)22-12-10-16-4-2-1-3-5-16/h1-9,13,15H,10-12,14H2,(H,22,23). The Morgan fingerprint density at radius 3 is 2.44 bits per heavy atom. The van der Waals surface area contributed by atoms with Gasteiger partial charge in [0, 0.05) is 30.0 Å². The fourth-order valence-electron chi connectivity index (χ4n) is 2.62. The first-order valence-electron chi connectivity index (χ1n) is 8.30. The van der Waals surface area contributed by atoms with Gasteiger partial charge in [-0.05, 0) is 36.1 Å². The molecule has 0 aliphatic rings. The van der Waals surface area contributed by atoms with Crippen molar-refractivity contribution in [3.05, 3.63) is 92.9 Å². The summed E-state index contributed by atoms with van der Waals surface area (Å²) >= 11 is 3.43. The molecule has 0 bridgehead atoms. The lowest BCUT2D eigenvalue weighted by Gasteiger charge is -2.09. The van der Waals surface area contributed by atoms with Crippen LogP contribution in [0.4, 0.5) is 5.82 Å². The van der Waals surface area contributed by atoms with Crippen molar-refractivity contribution in [2.45, 2.75) is 19.4 Å². The summed E-state index contributed by atoms with van der Waals surface area (Å²) < 4.78 is 2.77. The van der Waals surface area contributed by atoms with Gasteiger partial charge in [0.25, 0.3) is 5.56 Å². The quantitative estimate of drug-likeness (QED) is 0.657. The first-order chi connectivity index (χ1) is 12.2. The van der Waals surface area contributed by atoms with Gasteiger partial charge in [0.05, 0.1) is 0 Å². The second kappa shape index (κ2) is 8.62. The monoisotopic (exact) mass is 397 g/mol. The fraction of sp³-hybridized carbons (Fsp3) is 0.200. The molecule has 0 aliphatic carbocycles. The van der Waals surface area contributed by atoms with Crippen LogP contribution in [-0.4, -0.2) is 16.1 Å². The Morgan fingerprint density at radius 1 is 0.960 bits per heavy atom. The minimum atomic E-state index is -0.0762. The van der Waals surface area contributed by atoms with Gasteiger partial charge in [-0.1, -0.05) is 58.4 Å². The van der Waals surface area contributed by atoms with Crippen molar-refractivity contribution in [2.75, 3.05) is 11.9 Å². The summed E-state index contributed by atoms with van der Waals surface area (Å²) in [6.45, 7) is 1.32. The maximum absolute atomic E-state index is 12.5. The summed E-state index contributed by atoms with van der Waals surface area (Å²) in [4.78, 5) is 16.7. The number of halogens is 1. The smallest absolute Gasteiger partial charge is 0.293 e. The number of benzene rings is 2. The Bertz CT molecular complexity index is 860. The lowest BCUT2D eigenvalue weighted by Crippen LogP contribution is -2.25. The molecule has 0 aliphatic heterocycles. The molecule has 1 aromatic heterocycles. The number of hydrogen-bond donors (Lipinski definition) is 1. The van der Waals surface area contributed by atoms with Crippen LogP contribution in [0, 0.1) is 0 Å². The van der Waals surface area contributed by atoms with Gasteiger partial charge in [-0.15, -0.1) is 0 Å². The molecule has 0 radical (unpaired) electrons. The summed E-state index contributed by atoms with van der Waals surface area (Å²) in [5.41, 5.74) is 2.36. The number of nitrogens with one attached hydrogen (secondary N) is 1. The van der Waals surface area contributed by atoms with E-state index >= 15 is 0 Å². The highest BCUT2D eigenvalue weighted by atomic mass is 79.9. The van der Waals surface area contributed by atoms with Crippen molar-refractivity contribution in [3.8, 4) is 0 Å². The van der Waals surface area contributed by atoms with E-state index in [9.17, 15) is 4.79 Å². The minimum Gasteiger partial charge on any atom is -0.365 e. The van der Waals surface area contributed by atoms with Crippen molar-refractivity contribution in [2.24, 2.45) is 0 Å². The number of aryl methyl sites for hydroxylation is 2. The van der Waals surface area contributed by atoms with E-state index in [2.05, 4.69) is 50.5 Å². The van der Waals surface area contributed by atoms with Crippen LogP contribution in [0.2, 0.25) is 0 Å². The normalized spacial score (nSPS) is 10.6. The van der Waals surface area contributed by atoms with Gasteiger partial charge in [-0.2, -0.15) is 0 Å². The molecule has 2 aromatic carbocycles. The second-order valence-corrected chi connectivity index (χ2v) is 6.73. The van der Waals surface area contributed by atoms with Crippen LogP contribution in [0.5, 0.6) is 0 Å². The highest BCUT2D eigenvalue weighted by Gasteiger charge is 2.05. The molecule has 5 heteroatoms. The largest absolute Gasteiger partial charge is 0.365 e. The summed E-state index contributed by atoms with van der Waals surface area (Å²) in [7, 11) is 0. The lowest BCUT2D eigenvalue weighted by atomic mass is 10.1. The molecule has 4 nitrogen and oxygen atoms in total. The third-order valence-electron chi connectivity index (χ3n) is 4.02. The number of rotatable bonds is 7. The minimum absolute atomic E-state index is 0.0762. The zero-order chi connectivity index (χ0) is 17.5. The number of nitrogens with zero attached hydrogens (tertiary/aromatic N) is 2. The van der Waals surface area contributed by atoms with Crippen molar-refractivity contribution >= 4 is 21.7 Å². The molecule has 1 N–H and O–H groups in total.